The normalized spacial score (nSPS) is 21.2. The monoisotopic (exact) mass is 206 g/mol. The van der Waals surface area contributed by atoms with E-state index in [0.29, 0.717) is 0 Å². The molecule has 82 valence electrons. The second kappa shape index (κ2) is 5.66. The van der Waals surface area contributed by atoms with Crippen LogP contribution in [0.3, 0.4) is 0 Å². The molecule has 1 aromatic rings. The summed E-state index contributed by atoms with van der Waals surface area (Å²) in [6, 6.07) is 1.83. The van der Waals surface area contributed by atoms with Gasteiger partial charge in [-0.15, -0.1) is 0 Å². The van der Waals surface area contributed by atoms with Crippen molar-refractivity contribution in [2.24, 2.45) is 5.92 Å². The highest BCUT2D eigenvalue weighted by Crippen LogP contribution is 2.13. The Kier molecular flexibility index (Phi) is 3.91. The largest absolute Gasteiger partial charge is 0.354 e. The van der Waals surface area contributed by atoms with Crippen molar-refractivity contribution in [1.82, 2.24) is 15.3 Å². The highest BCUT2D eigenvalue weighted by Gasteiger charge is 2.11. The summed E-state index contributed by atoms with van der Waals surface area (Å²) in [5, 5.41) is 6.67. The molecule has 1 aliphatic rings. The second-order valence-corrected chi connectivity index (χ2v) is 4.00. The third-order valence-electron chi connectivity index (χ3n) is 2.80. The van der Waals surface area contributed by atoms with Gasteiger partial charge in [0.25, 0.3) is 0 Å². The first-order valence-electron chi connectivity index (χ1n) is 5.67. The number of anilines is 1. The van der Waals surface area contributed by atoms with E-state index in [0.717, 1.165) is 25.0 Å². The summed E-state index contributed by atoms with van der Waals surface area (Å²) in [7, 11) is 0. The molecule has 4 nitrogen and oxygen atoms in total. The predicted molar refractivity (Wildman–Crippen MR) is 60.7 cm³/mol. The first kappa shape index (κ1) is 10.4. The predicted octanol–water partition coefficient (Wildman–Crippen LogP) is 1.28. The van der Waals surface area contributed by atoms with Gasteiger partial charge in [0.15, 0.2) is 0 Å². The molecule has 0 aromatic carbocycles. The molecule has 2 heterocycles. The summed E-state index contributed by atoms with van der Waals surface area (Å²) in [5.74, 6) is 1.55. The first-order chi connectivity index (χ1) is 7.45. The Balaban J connectivity index is 1.66. The lowest BCUT2D eigenvalue weighted by Gasteiger charge is -2.22. The third-order valence-corrected chi connectivity index (χ3v) is 2.80. The molecule has 0 amide bonds. The van der Waals surface area contributed by atoms with E-state index in [2.05, 4.69) is 20.6 Å². The van der Waals surface area contributed by atoms with Crippen LogP contribution in [0.4, 0.5) is 5.95 Å². The van der Waals surface area contributed by atoms with Crippen molar-refractivity contribution < 1.29 is 0 Å². The second-order valence-electron chi connectivity index (χ2n) is 4.00. The molecule has 2 N–H and O–H groups in total. The minimum atomic E-state index is 0.737. The lowest BCUT2D eigenvalue weighted by atomic mass is 9.96. The quantitative estimate of drug-likeness (QED) is 0.779. The van der Waals surface area contributed by atoms with Crippen molar-refractivity contribution in [2.75, 3.05) is 25.0 Å². The summed E-state index contributed by atoms with van der Waals surface area (Å²) in [4.78, 5) is 8.25. The number of hydrogen-bond acceptors (Lipinski definition) is 4. The summed E-state index contributed by atoms with van der Waals surface area (Å²) < 4.78 is 0. The molecule has 2 rings (SSSR count). The van der Waals surface area contributed by atoms with Crippen LogP contribution in [0.25, 0.3) is 0 Å². The molecule has 1 atom stereocenters. The lowest BCUT2D eigenvalue weighted by Crippen LogP contribution is -2.30. The zero-order chi connectivity index (χ0) is 10.3. The molecule has 15 heavy (non-hydrogen) atoms. The maximum atomic E-state index is 4.12. The Morgan fingerprint density at radius 1 is 1.40 bits per heavy atom. The molecule has 0 bridgehead atoms. The topological polar surface area (TPSA) is 49.8 Å². The smallest absolute Gasteiger partial charge is 0.222 e. The van der Waals surface area contributed by atoms with Crippen molar-refractivity contribution in [3.63, 3.8) is 0 Å². The first-order valence-corrected chi connectivity index (χ1v) is 5.67. The summed E-state index contributed by atoms with van der Waals surface area (Å²) in [5.41, 5.74) is 0. The summed E-state index contributed by atoms with van der Waals surface area (Å²) in [6.45, 7) is 3.32. The van der Waals surface area contributed by atoms with E-state index in [9.17, 15) is 0 Å². The van der Waals surface area contributed by atoms with Crippen LogP contribution in [-0.2, 0) is 0 Å². The highest BCUT2D eigenvalue weighted by molar-refractivity contribution is 5.21. The molecule has 0 aliphatic carbocycles. The number of nitrogens with one attached hydrogen (secondary N) is 2. The fourth-order valence-electron chi connectivity index (χ4n) is 1.95. The molecular weight excluding hydrogens is 188 g/mol. The molecule has 4 heteroatoms. The Morgan fingerprint density at radius 2 is 2.27 bits per heavy atom. The number of nitrogens with zero attached hydrogens (tertiary/aromatic N) is 2. The minimum absolute atomic E-state index is 0.737. The van der Waals surface area contributed by atoms with E-state index < -0.39 is 0 Å². The van der Waals surface area contributed by atoms with Gasteiger partial charge in [0, 0.05) is 18.9 Å². The van der Waals surface area contributed by atoms with Gasteiger partial charge in [-0.1, -0.05) is 0 Å². The van der Waals surface area contributed by atoms with Crippen LogP contribution in [-0.4, -0.2) is 29.6 Å². The number of rotatable bonds is 4. The lowest BCUT2D eigenvalue weighted by molar-refractivity contribution is 0.364. The number of aromatic nitrogens is 2. The van der Waals surface area contributed by atoms with Gasteiger partial charge in [-0.2, -0.15) is 0 Å². The number of piperidine rings is 1. The molecule has 0 radical (unpaired) electrons. The SMILES string of the molecule is c1cnc(NCCC2CCCNC2)nc1. The Labute approximate surface area is 90.5 Å². The van der Waals surface area contributed by atoms with E-state index in [1.807, 2.05) is 6.07 Å². The Hall–Kier alpha value is -1.16. The van der Waals surface area contributed by atoms with Crippen LogP contribution in [0.1, 0.15) is 19.3 Å². The van der Waals surface area contributed by atoms with Gasteiger partial charge in [-0.05, 0) is 44.3 Å². The van der Waals surface area contributed by atoms with E-state index in [4.69, 9.17) is 0 Å². The summed E-state index contributed by atoms with van der Waals surface area (Å²) in [6.07, 6.45) is 7.39. The van der Waals surface area contributed by atoms with Crippen LogP contribution in [0.2, 0.25) is 0 Å². The van der Waals surface area contributed by atoms with E-state index in [-0.39, 0.29) is 0 Å². The van der Waals surface area contributed by atoms with Crippen molar-refractivity contribution >= 4 is 5.95 Å². The maximum absolute atomic E-state index is 4.12. The number of hydrogen-bond donors (Lipinski definition) is 2. The molecule has 1 aliphatic heterocycles. The van der Waals surface area contributed by atoms with Gasteiger partial charge in [-0.3, -0.25) is 0 Å². The van der Waals surface area contributed by atoms with Crippen LogP contribution < -0.4 is 10.6 Å². The fourth-order valence-corrected chi connectivity index (χ4v) is 1.95. The highest BCUT2D eigenvalue weighted by atomic mass is 15.1. The average molecular weight is 206 g/mol. The molecule has 0 saturated carbocycles. The van der Waals surface area contributed by atoms with Crippen molar-refractivity contribution in [2.45, 2.75) is 19.3 Å². The fraction of sp³-hybridized carbons (Fsp3) is 0.636. The summed E-state index contributed by atoms with van der Waals surface area (Å²) >= 11 is 0. The van der Waals surface area contributed by atoms with E-state index in [1.54, 1.807) is 12.4 Å². The molecule has 1 saturated heterocycles. The van der Waals surface area contributed by atoms with Gasteiger partial charge in [-0.25, -0.2) is 9.97 Å². The van der Waals surface area contributed by atoms with Gasteiger partial charge < -0.3 is 10.6 Å². The van der Waals surface area contributed by atoms with Gasteiger partial charge in [0.2, 0.25) is 5.95 Å². The molecule has 0 spiro atoms. The zero-order valence-electron chi connectivity index (χ0n) is 8.95. The van der Waals surface area contributed by atoms with E-state index >= 15 is 0 Å². The third kappa shape index (κ3) is 3.47. The van der Waals surface area contributed by atoms with Gasteiger partial charge in [0.05, 0.1) is 0 Å². The molecule has 1 fully saturated rings. The Bertz CT molecular complexity index is 269. The maximum Gasteiger partial charge on any atom is 0.222 e. The molecule has 1 aromatic heterocycles. The molecular formula is C11H18N4. The van der Waals surface area contributed by atoms with E-state index in [1.165, 1.54) is 25.8 Å². The van der Waals surface area contributed by atoms with Crippen LogP contribution >= 0.6 is 0 Å². The van der Waals surface area contributed by atoms with Crippen molar-refractivity contribution in [1.29, 1.82) is 0 Å². The molecule has 1 unspecified atom stereocenters. The van der Waals surface area contributed by atoms with Crippen LogP contribution in [0.15, 0.2) is 18.5 Å². The van der Waals surface area contributed by atoms with Crippen LogP contribution in [0, 0.1) is 5.92 Å². The van der Waals surface area contributed by atoms with Crippen molar-refractivity contribution in [3.05, 3.63) is 18.5 Å². The van der Waals surface area contributed by atoms with Crippen LogP contribution in [0.5, 0.6) is 0 Å². The minimum Gasteiger partial charge on any atom is -0.354 e. The zero-order valence-corrected chi connectivity index (χ0v) is 8.95. The van der Waals surface area contributed by atoms with Gasteiger partial charge >= 0.3 is 0 Å². The standard InChI is InChI=1S/C11H18N4/c1-3-10(9-12-5-1)4-8-15-11-13-6-2-7-14-11/h2,6-7,10,12H,1,3-5,8-9H2,(H,13,14,15). The van der Waals surface area contributed by atoms with Gasteiger partial charge in [0.1, 0.15) is 0 Å². The van der Waals surface area contributed by atoms with Crippen molar-refractivity contribution in [3.8, 4) is 0 Å². The average Bonchev–Trinajstić information content (AvgIpc) is 2.32. The Morgan fingerprint density at radius 3 is 3.00 bits per heavy atom.